The summed E-state index contributed by atoms with van der Waals surface area (Å²) >= 11 is 0. The Morgan fingerprint density at radius 3 is 2.70 bits per heavy atom. The smallest absolute Gasteiger partial charge is 0.313 e. The highest BCUT2D eigenvalue weighted by atomic mass is 16.2. The molecule has 1 aliphatic heterocycles. The molecule has 1 heterocycles. The minimum absolute atomic E-state index is 0.100. The van der Waals surface area contributed by atoms with Gasteiger partial charge in [0.05, 0.1) is 0 Å². The second kappa shape index (κ2) is 7.76. The van der Waals surface area contributed by atoms with Crippen molar-refractivity contribution in [1.29, 1.82) is 0 Å². The third kappa shape index (κ3) is 4.31. The predicted molar refractivity (Wildman–Crippen MR) is 89.3 cm³/mol. The summed E-state index contributed by atoms with van der Waals surface area (Å²) in [5, 5.41) is 5.12. The summed E-state index contributed by atoms with van der Waals surface area (Å²) in [5.74, 6) is -1.25. The molecule has 0 unspecified atom stereocenters. The SMILES string of the molecule is CCCNC(=O)C(=O)Nc1ccc(C)c(N2CCCCC2=O)c1. The predicted octanol–water partition coefficient (Wildman–Crippen LogP) is 1.98. The van der Waals surface area contributed by atoms with Gasteiger partial charge in [0.25, 0.3) is 0 Å². The second-order valence-electron chi connectivity index (χ2n) is 5.71. The highest BCUT2D eigenvalue weighted by Crippen LogP contribution is 2.27. The average Bonchev–Trinajstić information content (AvgIpc) is 2.55. The van der Waals surface area contributed by atoms with E-state index in [1.165, 1.54) is 0 Å². The summed E-state index contributed by atoms with van der Waals surface area (Å²) in [6.45, 7) is 5.00. The van der Waals surface area contributed by atoms with E-state index in [0.29, 0.717) is 25.2 Å². The Morgan fingerprint density at radius 2 is 2.00 bits per heavy atom. The van der Waals surface area contributed by atoms with E-state index in [9.17, 15) is 14.4 Å². The molecular weight excluding hydrogens is 294 g/mol. The number of nitrogens with one attached hydrogen (secondary N) is 2. The standard InChI is InChI=1S/C17H23N3O3/c1-3-9-18-16(22)17(23)19-13-8-7-12(2)14(11-13)20-10-5-4-6-15(20)21/h7-8,11H,3-6,9-10H2,1-2H3,(H,18,22)(H,19,23). The molecule has 0 radical (unpaired) electrons. The molecule has 1 aromatic rings. The van der Waals surface area contributed by atoms with E-state index in [-0.39, 0.29) is 5.91 Å². The van der Waals surface area contributed by atoms with Crippen LogP contribution < -0.4 is 15.5 Å². The first-order valence-electron chi connectivity index (χ1n) is 8.03. The van der Waals surface area contributed by atoms with Gasteiger partial charge in [-0.2, -0.15) is 0 Å². The molecule has 1 aromatic carbocycles. The maximum absolute atomic E-state index is 12.1. The molecule has 1 fully saturated rings. The third-order valence-electron chi connectivity index (χ3n) is 3.82. The molecule has 23 heavy (non-hydrogen) atoms. The lowest BCUT2D eigenvalue weighted by atomic mass is 10.1. The average molecular weight is 317 g/mol. The highest BCUT2D eigenvalue weighted by molar-refractivity contribution is 6.39. The number of rotatable bonds is 4. The van der Waals surface area contributed by atoms with Crippen molar-refractivity contribution in [1.82, 2.24) is 5.32 Å². The minimum Gasteiger partial charge on any atom is -0.348 e. The van der Waals surface area contributed by atoms with Crippen LogP contribution in [0.2, 0.25) is 0 Å². The van der Waals surface area contributed by atoms with Crippen LogP contribution in [-0.4, -0.2) is 30.8 Å². The van der Waals surface area contributed by atoms with Gasteiger partial charge in [0, 0.05) is 30.9 Å². The van der Waals surface area contributed by atoms with Gasteiger partial charge in [-0.25, -0.2) is 0 Å². The van der Waals surface area contributed by atoms with Crippen LogP contribution >= 0.6 is 0 Å². The van der Waals surface area contributed by atoms with E-state index in [2.05, 4.69) is 10.6 Å². The molecular formula is C17H23N3O3. The van der Waals surface area contributed by atoms with Crippen molar-refractivity contribution in [2.24, 2.45) is 0 Å². The quantitative estimate of drug-likeness (QED) is 0.834. The summed E-state index contributed by atoms with van der Waals surface area (Å²) in [5.41, 5.74) is 2.27. The molecule has 2 rings (SSSR count). The van der Waals surface area contributed by atoms with Crippen LogP contribution in [0.3, 0.4) is 0 Å². The highest BCUT2D eigenvalue weighted by Gasteiger charge is 2.22. The molecule has 3 amide bonds. The summed E-state index contributed by atoms with van der Waals surface area (Å²) in [6, 6.07) is 5.33. The van der Waals surface area contributed by atoms with Crippen LogP contribution in [0.15, 0.2) is 18.2 Å². The lowest BCUT2D eigenvalue weighted by Gasteiger charge is -2.28. The fraction of sp³-hybridized carbons (Fsp3) is 0.471. The van der Waals surface area contributed by atoms with Gasteiger partial charge in [0.2, 0.25) is 5.91 Å². The van der Waals surface area contributed by atoms with Gasteiger partial charge in [-0.3, -0.25) is 14.4 Å². The molecule has 0 atom stereocenters. The number of amides is 3. The summed E-state index contributed by atoms with van der Waals surface area (Å²) in [6.07, 6.45) is 3.21. The molecule has 0 aromatic heterocycles. The number of carbonyl (C=O) groups is 3. The first-order chi connectivity index (χ1) is 11.0. The summed E-state index contributed by atoms with van der Waals surface area (Å²) in [4.78, 5) is 37.3. The van der Waals surface area contributed by atoms with Crippen molar-refractivity contribution in [3.8, 4) is 0 Å². The van der Waals surface area contributed by atoms with Crippen molar-refractivity contribution in [3.63, 3.8) is 0 Å². The lowest BCUT2D eigenvalue weighted by Crippen LogP contribution is -2.36. The number of benzene rings is 1. The van der Waals surface area contributed by atoms with Gasteiger partial charge in [0.15, 0.2) is 0 Å². The lowest BCUT2D eigenvalue weighted by molar-refractivity contribution is -0.136. The monoisotopic (exact) mass is 317 g/mol. The van der Waals surface area contributed by atoms with Crippen LogP contribution in [0.1, 0.15) is 38.2 Å². The van der Waals surface area contributed by atoms with E-state index in [0.717, 1.165) is 30.5 Å². The number of anilines is 2. The topological polar surface area (TPSA) is 78.5 Å². The Hall–Kier alpha value is -2.37. The normalized spacial score (nSPS) is 14.5. The van der Waals surface area contributed by atoms with Crippen molar-refractivity contribution in [3.05, 3.63) is 23.8 Å². The Balaban J connectivity index is 2.12. The molecule has 1 aliphatic rings. The fourth-order valence-corrected chi connectivity index (χ4v) is 2.55. The number of piperidine rings is 1. The number of hydrogen-bond acceptors (Lipinski definition) is 3. The molecule has 0 spiro atoms. The second-order valence-corrected chi connectivity index (χ2v) is 5.71. The van der Waals surface area contributed by atoms with Crippen LogP contribution in [0, 0.1) is 6.92 Å². The third-order valence-corrected chi connectivity index (χ3v) is 3.82. The number of carbonyl (C=O) groups excluding carboxylic acids is 3. The molecule has 0 bridgehead atoms. The number of nitrogens with zero attached hydrogens (tertiary/aromatic N) is 1. The van der Waals surface area contributed by atoms with Crippen molar-refractivity contribution < 1.29 is 14.4 Å². The summed E-state index contributed by atoms with van der Waals surface area (Å²) in [7, 11) is 0. The Labute approximate surface area is 136 Å². The van der Waals surface area contributed by atoms with Crippen LogP contribution in [0.4, 0.5) is 11.4 Å². The number of hydrogen-bond donors (Lipinski definition) is 2. The van der Waals surface area contributed by atoms with Crippen molar-refractivity contribution in [2.75, 3.05) is 23.3 Å². The molecule has 0 aliphatic carbocycles. The Kier molecular flexibility index (Phi) is 5.73. The molecule has 6 nitrogen and oxygen atoms in total. The van der Waals surface area contributed by atoms with E-state index in [1.807, 2.05) is 19.9 Å². The van der Waals surface area contributed by atoms with E-state index < -0.39 is 11.8 Å². The van der Waals surface area contributed by atoms with Gasteiger partial charge in [-0.15, -0.1) is 0 Å². The first-order valence-corrected chi connectivity index (χ1v) is 8.03. The maximum atomic E-state index is 12.1. The molecule has 0 saturated carbocycles. The zero-order chi connectivity index (χ0) is 16.8. The van der Waals surface area contributed by atoms with Gasteiger partial charge >= 0.3 is 11.8 Å². The largest absolute Gasteiger partial charge is 0.348 e. The van der Waals surface area contributed by atoms with Crippen LogP contribution in [0.25, 0.3) is 0 Å². The Morgan fingerprint density at radius 1 is 1.22 bits per heavy atom. The molecule has 6 heteroatoms. The number of aryl methyl sites for hydroxylation is 1. The fourth-order valence-electron chi connectivity index (χ4n) is 2.55. The van der Waals surface area contributed by atoms with E-state index >= 15 is 0 Å². The van der Waals surface area contributed by atoms with E-state index in [4.69, 9.17) is 0 Å². The van der Waals surface area contributed by atoms with Gasteiger partial charge < -0.3 is 15.5 Å². The Bertz CT molecular complexity index is 613. The van der Waals surface area contributed by atoms with Gasteiger partial charge in [-0.05, 0) is 43.9 Å². The first kappa shape index (κ1) is 17.0. The summed E-state index contributed by atoms with van der Waals surface area (Å²) < 4.78 is 0. The van der Waals surface area contributed by atoms with Crippen molar-refractivity contribution >= 4 is 29.1 Å². The minimum atomic E-state index is -0.696. The zero-order valence-electron chi connectivity index (χ0n) is 13.6. The van der Waals surface area contributed by atoms with Gasteiger partial charge in [-0.1, -0.05) is 13.0 Å². The molecule has 2 N–H and O–H groups in total. The zero-order valence-corrected chi connectivity index (χ0v) is 13.6. The van der Waals surface area contributed by atoms with Gasteiger partial charge in [0.1, 0.15) is 0 Å². The van der Waals surface area contributed by atoms with Crippen LogP contribution in [0.5, 0.6) is 0 Å². The van der Waals surface area contributed by atoms with Crippen LogP contribution in [-0.2, 0) is 14.4 Å². The van der Waals surface area contributed by atoms with E-state index in [1.54, 1.807) is 17.0 Å². The molecule has 1 saturated heterocycles. The van der Waals surface area contributed by atoms with Crippen molar-refractivity contribution in [2.45, 2.75) is 39.5 Å². The maximum Gasteiger partial charge on any atom is 0.313 e. The molecule has 124 valence electrons.